The van der Waals surface area contributed by atoms with Gasteiger partial charge < -0.3 is 0 Å². The van der Waals surface area contributed by atoms with Gasteiger partial charge in [0.1, 0.15) is 5.65 Å². The monoisotopic (exact) mass is 588 g/mol. The van der Waals surface area contributed by atoms with Gasteiger partial charge >= 0.3 is 0 Å². The summed E-state index contributed by atoms with van der Waals surface area (Å²) in [6.07, 6.45) is 0. The van der Waals surface area contributed by atoms with Crippen LogP contribution in [0.5, 0.6) is 0 Å². The van der Waals surface area contributed by atoms with E-state index in [1.54, 1.807) is 0 Å². The summed E-state index contributed by atoms with van der Waals surface area (Å²) in [7, 11) is 0. The number of hydrogen-bond donors (Lipinski definition) is 0. The lowest BCUT2D eigenvalue weighted by molar-refractivity contribution is 0.953. The summed E-state index contributed by atoms with van der Waals surface area (Å²) < 4.78 is 4.50. The van der Waals surface area contributed by atoms with Crippen molar-refractivity contribution in [3.8, 4) is 28.7 Å². The van der Waals surface area contributed by atoms with Crippen molar-refractivity contribution in [1.29, 1.82) is 0 Å². The Labute approximate surface area is 262 Å². The highest BCUT2D eigenvalue weighted by molar-refractivity contribution is 6.29. The summed E-state index contributed by atoms with van der Waals surface area (Å²) in [5.41, 5.74) is 8.10. The fourth-order valence-electron chi connectivity index (χ4n) is 6.97. The molecule has 6 aromatic carbocycles. The van der Waals surface area contributed by atoms with Crippen molar-refractivity contribution in [2.75, 3.05) is 0 Å². The molecule has 10 aromatic rings. The largest absolute Gasteiger partial charge is 0.292 e. The highest BCUT2D eigenvalue weighted by Crippen LogP contribution is 2.41. The zero-order valence-corrected chi connectivity index (χ0v) is 24.5. The molecule has 10 rings (SSSR count). The van der Waals surface area contributed by atoms with Gasteiger partial charge in [-0.05, 0) is 35.7 Å². The first-order valence-corrected chi connectivity index (χ1v) is 15.3. The van der Waals surface area contributed by atoms with Crippen LogP contribution in [0, 0.1) is 0 Å². The van der Waals surface area contributed by atoms with E-state index in [0.29, 0.717) is 17.6 Å². The third-order valence-electron chi connectivity index (χ3n) is 8.94. The maximum Gasteiger partial charge on any atom is 0.238 e. The molecule has 0 bridgehead atoms. The lowest BCUT2D eigenvalue weighted by Gasteiger charge is -2.12. The molecule has 0 fully saturated rings. The number of pyridine rings is 1. The first-order chi connectivity index (χ1) is 22.8. The molecule has 0 atom stereocenters. The minimum Gasteiger partial charge on any atom is -0.292 e. The van der Waals surface area contributed by atoms with Crippen LogP contribution in [0.2, 0.25) is 0 Å². The van der Waals surface area contributed by atoms with E-state index in [4.69, 9.17) is 19.9 Å². The molecule has 0 saturated heterocycles. The molecular weight excluding hydrogens is 564 g/mol. The van der Waals surface area contributed by atoms with E-state index in [1.165, 1.54) is 10.8 Å². The molecule has 0 unspecified atom stereocenters. The molecule has 0 amide bonds. The molecule has 0 N–H and O–H groups in total. The molecule has 214 valence electrons. The van der Waals surface area contributed by atoms with E-state index in [1.807, 2.05) is 66.7 Å². The Morgan fingerprint density at radius 1 is 0.370 bits per heavy atom. The molecule has 0 radical (unpaired) electrons. The minimum absolute atomic E-state index is 0.580. The van der Waals surface area contributed by atoms with Gasteiger partial charge in [-0.2, -0.15) is 9.97 Å². The Morgan fingerprint density at radius 3 is 1.63 bits per heavy atom. The zero-order valence-electron chi connectivity index (χ0n) is 24.5. The Bertz CT molecular complexity index is 2740. The lowest BCUT2D eigenvalue weighted by Crippen LogP contribution is -2.06. The van der Waals surface area contributed by atoms with Gasteiger partial charge in [-0.15, -0.1) is 0 Å². The van der Waals surface area contributed by atoms with Crippen LogP contribution in [-0.2, 0) is 0 Å². The van der Waals surface area contributed by atoms with E-state index in [-0.39, 0.29) is 0 Å². The molecule has 4 heterocycles. The summed E-state index contributed by atoms with van der Waals surface area (Å²) >= 11 is 0. The summed E-state index contributed by atoms with van der Waals surface area (Å²) in [5.74, 6) is 1.85. The quantitative estimate of drug-likeness (QED) is 0.193. The number of imidazole rings is 1. The standard InChI is InChI=1S/C40H24N6/c1-3-13-25(14-4-1)37-42-38(26-15-5-2-6-16-26)44-40(43-37)46-31-21-11-9-19-29(31)36-34(46)24-23-33-35(36)27-17-7-8-18-28(27)39-41-30-20-10-12-22-32(30)45(33)39/h1-24H. The second kappa shape index (κ2) is 9.55. The second-order valence-corrected chi connectivity index (χ2v) is 11.5. The van der Waals surface area contributed by atoms with Gasteiger partial charge in [0.15, 0.2) is 11.6 Å². The number of benzene rings is 6. The molecule has 0 aliphatic rings. The van der Waals surface area contributed by atoms with Gasteiger partial charge in [0.25, 0.3) is 0 Å². The Balaban J connectivity index is 1.38. The van der Waals surface area contributed by atoms with Crippen molar-refractivity contribution in [3.05, 3.63) is 146 Å². The number of fused-ring (bicyclic) bond motifs is 12. The average Bonchev–Trinajstić information content (AvgIpc) is 3.69. The van der Waals surface area contributed by atoms with Gasteiger partial charge in [-0.1, -0.05) is 115 Å². The van der Waals surface area contributed by atoms with Crippen LogP contribution in [0.15, 0.2) is 146 Å². The predicted molar refractivity (Wildman–Crippen MR) is 186 cm³/mol. The van der Waals surface area contributed by atoms with Crippen LogP contribution in [0.1, 0.15) is 0 Å². The third kappa shape index (κ3) is 3.52. The third-order valence-corrected chi connectivity index (χ3v) is 8.94. The van der Waals surface area contributed by atoms with Crippen molar-refractivity contribution in [2.24, 2.45) is 0 Å². The Morgan fingerprint density at radius 2 is 0.913 bits per heavy atom. The topological polar surface area (TPSA) is 60.9 Å². The molecule has 0 saturated carbocycles. The number of nitrogens with zero attached hydrogens (tertiary/aromatic N) is 6. The van der Waals surface area contributed by atoms with Crippen LogP contribution in [0.25, 0.3) is 88.9 Å². The molecule has 0 spiro atoms. The van der Waals surface area contributed by atoms with Gasteiger partial charge in [-0.25, -0.2) is 9.97 Å². The summed E-state index contributed by atoms with van der Waals surface area (Å²) in [4.78, 5) is 20.3. The normalized spacial score (nSPS) is 11.9. The van der Waals surface area contributed by atoms with E-state index >= 15 is 0 Å². The number of rotatable bonds is 3. The molecule has 46 heavy (non-hydrogen) atoms. The van der Waals surface area contributed by atoms with Crippen LogP contribution in [-0.4, -0.2) is 28.9 Å². The van der Waals surface area contributed by atoms with Crippen molar-refractivity contribution in [3.63, 3.8) is 0 Å². The Kier molecular flexibility index (Phi) is 5.19. The minimum atomic E-state index is 0.580. The molecule has 0 aliphatic heterocycles. The van der Waals surface area contributed by atoms with Gasteiger partial charge in [-0.3, -0.25) is 8.97 Å². The van der Waals surface area contributed by atoms with Crippen LogP contribution >= 0.6 is 0 Å². The van der Waals surface area contributed by atoms with Crippen molar-refractivity contribution in [2.45, 2.75) is 0 Å². The van der Waals surface area contributed by atoms with Gasteiger partial charge in [0.05, 0.1) is 27.6 Å². The molecular formula is C40H24N6. The highest BCUT2D eigenvalue weighted by atomic mass is 15.2. The summed E-state index contributed by atoms with van der Waals surface area (Å²) in [6.45, 7) is 0. The van der Waals surface area contributed by atoms with Crippen molar-refractivity contribution < 1.29 is 0 Å². The van der Waals surface area contributed by atoms with E-state index in [0.717, 1.165) is 60.5 Å². The lowest BCUT2D eigenvalue weighted by atomic mass is 10.0. The second-order valence-electron chi connectivity index (χ2n) is 11.5. The fourth-order valence-corrected chi connectivity index (χ4v) is 6.97. The van der Waals surface area contributed by atoms with Crippen LogP contribution < -0.4 is 0 Å². The summed E-state index contributed by atoms with van der Waals surface area (Å²) in [6, 6.07) is 50.2. The Hall–Kier alpha value is -6.40. The van der Waals surface area contributed by atoms with Gasteiger partial charge in [0, 0.05) is 32.7 Å². The maximum absolute atomic E-state index is 5.12. The summed E-state index contributed by atoms with van der Waals surface area (Å²) in [5, 5.41) is 5.76. The van der Waals surface area contributed by atoms with Crippen LogP contribution in [0.3, 0.4) is 0 Å². The smallest absolute Gasteiger partial charge is 0.238 e. The van der Waals surface area contributed by atoms with E-state index in [2.05, 4.69) is 87.8 Å². The number of hydrogen-bond acceptors (Lipinski definition) is 4. The predicted octanol–water partition coefficient (Wildman–Crippen LogP) is 9.41. The molecule has 4 aromatic heterocycles. The molecule has 0 aliphatic carbocycles. The maximum atomic E-state index is 5.12. The number of para-hydroxylation sites is 3. The highest BCUT2D eigenvalue weighted by Gasteiger charge is 2.22. The molecule has 6 heteroatoms. The number of aromatic nitrogens is 6. The fraction of sp³-hybridized carbons (Fsp3) is 0. The first-order valence-electron chi connectivity index (χ1n) is 15.3. The van der Waals surface area contributed by atoms with E-state index < -0.39 is 0 Å². The van der Waals surface area contributed by atoms with Gasteiger partial charge in [0.2, 0.25) is 5.95 Å². The first kappa shape index (κ1) is 25.0. The van der Waals surface area contributed by atoms with Crippen LogP contribution in [0.4, 0.5) is 0 Å². The van der Waals surface area contributed by atoms with Crippen molar-refractivity contribution in [1.82, 2.24) is 28.9 Å². The van der Waals surface area contributed by atoms with E-state index in [9.17, 15) is 0 Å². The van der Waals surface area contributed by atoms with Crippen molar-refractivity contribution >= 4 is 60.2 Å². The zero-order chi connectivity index (χ0) is 30.2. The average molecular weight is 589 g/mol. The SMILES string of the molecule is c1ccc(-c2nc(-c3ccccc3)nc(-n3c4ccccc4c4c5c6ccccc6c6nc7ccccc7n6c5ccc43)n2)cc1. The molecule has 6 nitrogen and oxygen atoms in total.